The van der Waals surface area contributed by atoms with Crippen LogP contribution in [0.2, 0.25) is 0 Å². The van der Waals surface area contributed by atoms with E-state index in [9.17, 15) is 9.90 Å². The molecule has 1 N–H and O–H groups in total. The van der Waals surface area contributed by atoms with Crippen LogP contribution in [-0.4, -0.2) is 47.9 Å². The number of rotatable bonds is 8. The number of ether oxygens (including phenoxy) is 1. The van der Waals surface area contributed by atoms with Crippen LogP contribution in [0.25, 0.3) is 0 Å². The number of carbonyl (C=O) groups excluding carboxylic acids is 1. The van der Waals surface area contributed by atoms with E-state index in [2.05, 4.69) is 95.6 Å². The molecule has 0 bridgehead atoms. The Labute approximate surface area is 192 Å². The predicted octanol–water partition coefficient (Wildman–Crippen LogP) is 5.80. The molecule has 0 saturated carbocycles. The molecule has 0 aliphatic rings. The molecule has 1 aromatic rings. The minimum Gasteiger partial charge on any atom is -0.461 e. The third-order valence-electron chi connectivity index (χ3n) is 3.19. The van der Waals surface area contributed by atoms with E-state index in [0.29, 0.717) is 5.56 Å². The maximum Gasteiger partial charge on any atom is 0.338 e. The summed E-state index contributed by atoms with van der Waals surface area (Å²) in [5, 5.41) is 10.4. The van der Waals surface area contributed by atoms with Crippen molar-refractivity contribution in [2.45, 2.75) is 37.2 Å². The average molecular weight is 724 g/mol. The molecule has 0 unspecified atom stereocenters. The van der Waals surface area contributed by atoms with E-state index in [1.807, 2.05) is 6.92 Å². The fourth-order valence-corrected chi connectivity index (χ4v) is 5.10. The summed E-state index contributed by atoms with van der Waals surface area (Å²) < 4.78 is 6.24. The Hall–Kier alpha value is 1.53. The van der Waals surface area contributed by atoms with Gasteiger partial charge in [0.15, 0.2) is 0 Å². The van der Waals surface area contributed by atoms with Crippen LogP contribution in [0.15, 0.2) is 28.7 Å². The van der Waals surface area contributed by atoms with Gasteiger partial charge in [-0.15, -0.1) is 0 Å². The van der Waals surface area contributed by atoms with Gasteiger partial charge in [0.2, 0.25) is 0 Å². The van der Waals surface area contributed by atoms with Gasteiger partial charge in [-0.05, 0) is 24.3 Å². The Kier molecular flexibility index (Phi) is 11.2. The molecule has 3 nitrogen and oxygen atoms in total. The number of aliphatic hydroxyl groups excluding tert-OH is 1. The maximum atomic E-state index is 12.0. The van der Waals surface area contributed by atoms with E-state index in [1.165, 1.54) is 0 Å². The molecule has 24 heavy (non-hydrogen) atoms. The second kappa shape index (κ2) is 11.4. The first kappa shape index (κ1) is 23.6. The predicted molar refractivity (Wildman–Crippen MR) is 120 cm³/mol. The summed E-state index contributed by atoms with van der Waals surface area (Å²) in [5.41, 5.74) is 0.494. The Bertz CT molecular complexity index is 524. The highest BCUT2D eigenvalue weighted by Gasteiger charge is 2.35. The topological polar surface area (TPSA) is 46.5 Å². The summed E-state index contributed by atoms with van der Waals surface area (Å²) >= 11 is 20.8. The molecule has 0 aliphatic carbocycles. The quantitative estimate of drug-likeness (QED) is 0.273. The molecule has 1 rings (SSSR count). The molecule has 0 heterocycles. The van der Waals surface area contributed by atoms with E-state index in [4.69, 9.17) is 4.74 Å². The molecule has 0 fully saturated rings. The van der Waals surface area contributed by atoms with Gasteiger partial charge < -0.3 is 9.84 Å². The number of alkyl halides is 5. The SMILES string of the molecule is C[C@H](Br)[C@H](Br)[C@H](O)[C@@H](Br)[C@@H](Br)[C@H](Br)COC(=O)c1ccc(Br)cc1. The number of halogens is 6. The summed E-state index contributed by atoms with van der Waals surface area (Å²) in [6.07, 6.45) is -0.633. The van der Waals surface area contributed by atoms with Crippen molar-refractivity contribution in [3.63, 3.8) is 0 Å². The zero-order chi connectivity index (χ0) is 18.4. The van der Waals surface area contributed by atoms with Crippen LogP contribution in [0.4, 0.5) is 0 Å². The highest BCUT2D eigenvalue weighted by molar-refractivity contribution is 9.14. The van der Waals surface area contributed by atoms with E-state index in [1.54, 1.807) is 24.3 Å². The third kappa shape index (κ3) is 7.27. The summed E-state index contributed by atoms with van der Waals surface area (Å²) in [6.45, 7) is 2.13. The van der Waals surface area contributed by atoms with Gasteiger partial charge >= 0.3 is 5.97 Å². The van der Waals surface area contributed by atoms with Crippen LogP contribution < -0.4 is 0 Å². The lowest BCUT2D eigenvalue weighted by atomic mass is 10.1. The van der Waals surface area contributed by atoms with Crippen molar-refractivity contribution in [2.75, 3.05) is 6.61 Å². The van der Waals surface area contributed by atoms with E-state index >= 15 is 0 Å². The monoisotopic (exact) mass is 718 g/mol. The summed E-state index contributed by atoms with van der Waals surface area (Å²) in [7, 11) is 0. The van der Waals surface area contributed by atoms with Gasteiger partial charge in [-0.2, -0.15) is 0 Å². The lowest BCUT2D eigenvalue weighted by molar-refractivity contribution is 0.0505. The van der Waals surface area contributed by atoms with E-state index in [-0.39, 0.29) is 36.7 Å². The summed E-state index contributed by atoms with van der Waals surface area (Å²) in [4.78, 5) is 11.5. The normalized spacial score (nSPS) is 19.0. The summed E-state index contributed by atoms with van der Waals surface area (Å²) in [5.74, 6) is -0.384. The fraction of sp³-hybridized carbons (Fsp3) is 0.533. The van der Waals surface area contributed by atoms with Gasteiger partial charge in [-0.25, -0.2) is 4.79 Å². The largest absolute Gasteiger partial charge is 0.461 e. The lowest BCUT2D eigenvalue weighted by Crippen LogP contribution is -2.42. The van der Waals surface area contributed by atoms with Crippen LogP contribution in [0, 0.1) is 0 Å². The molecule has 0 amide bonds. The molecule has 0 aliphatic heterocycles. The van der Waals surface area contributed by atoms with E-state index in [0.717, 1.165) is 4.47 Å². The Morgan fingerprint density at radius 2 is 1.58 bits per heavy atom. The van der Waals surface area contributed by atoms with Gasteiger partial charge in [0.05, 0.1) is 26.1 Å². The van der Waals surface area contributed by atoms with Crippen LogP contribution >= 0.6 is 95.6 Å². The molecule has 0 radical (unpaired) electrons. The van der Waals surface area contributed by atoms with Crippen molar-refractivity contribution < 1.29 is 14.6 Å². The average Bonchev–Trinajstić information content (AvgIpc) is 2.57. The van der Waals surface area contributed by atoms with Crippen LogP contribution in [0.5, 0.6) is 0 Å². The third-order valence-corrected chi connectivity index (χ3v) is 10.9. The smallest absolute Gasteiger partial charge is 0.338 e. The van der Waals surface area contributed by atoms with Gasteiger partial charge in [0.1, 0.15) is 6.61 Å². The molecule has 0 saturated heterocycles. The zero-order valence-corrected chi connectivity index (χ0v) is 22.0. The van der Waals surface area contributed by atoms with Crippen molar-refractivity contribution in [3.8, 4) is 0 Å². The fourth-order valence-electron chi connectivity index (χ4n) is 1.75. The van der Waals surface area contributed by atoms with Crippen LogP contribution in [0.1, 0.15) is 17.3 Å². The van der Waals surface area contributed by atoms with Gasteiger partial charge in [0.25, 0.3) is 0 Å². The minimum atomic E-state index is -0.633. The van der Waals surface area contributed by atoms with Gasteiger partial charge in [-0.1, -0.05) is 103 Å². The number of carbonyl (C=O) groups is 1. The highest BCUT2D eigenvalue weighted by atomic mass is 79.9. The number of hydrogen-bond donors (Lipinski definition) is 1. The Morgan fingerprint density at radius 3 is 2.08 bits per heavy atom. The Balaban J connectivity index is 2.55. The highest BCUT2D eigenvalue weighted by Crippen LogP contribution is 2.31. The second-order valence-corrected chi connectivity index (χ2v) is 11.8. The van der Waals surface area contributed by atoms with Gasteiger partial charge in [-0.3, -0.25) is 0 Å². The molecular formula is C15H16Br6O3. The molecule has 0 aromatic heterocycles. The first-order valence-electron chi connectivity index (χ1n) is 6.96. The van der Waals surface area contributed by atoms with Gasteiger partial charge in [0, 0.05) is 14.1 Å². The first-order chi connectivity index (χ1) is 11.1. The number of esters is 1. The van der Waals surface area contributed by atoms with Crippen LogP contribution in [0.3, 0.4) is 0 Å². The molecule has 136 valence electrons. The minimum absolute atomic E-state index is 0.108. The standard InChI is InChI=1S/C15H16Br6O3/c1-7(16)11(19)14(22)13(21)12(20)10(18)6-24-15(23)8-2-4-9(17)5-3-8/h2-5,7,10-14,22H,6H2,1H3/t7-,10+,11-,12-,13-,14-/m0/s1. The number of aliphatic hydroxyl groups is 1. The Morgan fingerprint density at radius 1 is 1.04 bits per heavy atom. The van der Waals surface area contributed by atoms with E-state index < -0.39 is 6.10 Å². The molecule has 1 aromatic carbocycles. The van der Waals surface area contributed by atoms with Crippen molar-refractivity contribution in [1.82, 2.24) is 0 Å². The van der Waals surface area contributed by atoms with Crippen molar-refractivity contribution in [1.29, 1.82) is 0 Å². The molecular weight excluding hydrogens is 708 g/mol. The first-order valence-corrected chi connectivity index (χ1v) is 12.3. The van der Waals surface area contributed by atoms with Crippen LogP contribution in [-0.2, 0) is 4.74 Å². The van der Waals surface area contributed by atoms with Crippen molar-refractivity contribution >= 4 is 102 Å². The molecule has 6 atom stereocenters. The maximum absolute atomic E-state index is 12.0. The van der Waals surface area contributed by atoms with Crippen molar-refractivity contribution in [2.24, 2.45) is 0 Å². The molecule has 0 spiro atoms. The number of benzene rings is 1. The van der Waals surface area contributed by atoms with Crippen molar-refractivity contribution in [3.05, 3.63) is 34.3 Å². The summed E-state index contributed by atoms with van der Waals surface area (Å²) in [6, 6.07) is 6.98. The lowest BCUT2D eigenvalue weighted by Gasteiger charge is -2.29. The number of hydrogen-bond acceptors (Lipinski definition) is 3. The molecule has 9 heteroatoms. The second-order valence-electron chi connectivity index (χ2n) is 5.12. The zero-order valence-electron chi connectivity index (χ0n) is 12.5.